The molecule has 1 amide bonds. The van der Waals surface area contributed by atoms with Gasteiger partial charge in [0.25, 0.3) is 0 Å². The number of carbonyl (C=O) groups is 1. The largest absolute Gasteiger partial charge is 0.493 e. The number of methoxy groups -OCH3 is 1. The van der Waals surface area contributed by atoms with Gasteiger partial charge >= 0.3 is 0 Å². The van der Waals surface area contributed by atoms with Crippen LogP contribution in [0, 0.1) is 0 Å². The first-order chi connectivity index (χ1) is 13.6. The number of hydrogen-bond acceptors (Lipinski definition) is 6. The van der Waals surface area contributed by atoms with Crippen molar-refractivity contribution in [3.05, 3.63) is 36.7 Å². The molecule has 0 spiro atoms. The number of ether oxygens (including phenoxy) is 2. The van der Waals surface area contributed by atoms with Crippen LogP contribution in [0.15, 0.2) is 36.7 Å². The van der Waals surface area contributed by atoms with Gasteiger partial charge in [-0.05, 0) is 25.5 Å². The average Bonchev–Trinajstić information content (AvgIpc) is 2.72. The first kappa shape index (κ1) is 19.9. The van der Waals surface area contributed by atoms with Crippen LogP contribution in [0.2, 0.25) is 0 Å². The second-order valence-electron chi connectivity index (χ2n) is 6.95. The maximum Gasteiger partial charge on any atom is 0.224 e. The smallest absolute Gasteiger partial charge is 0.224 e. The molecule has 1 saturated heterocycles. The van der Waals surface area contributed by atoms with Gasteiger partial charge < -0.3 is 19.3 Å². The second kappa shape index (κ2) is 9.39. The third-order valence-corrected chi connectivity index (χ3v) is 4.93. The summed E-state index contributed by atoms with van der Waals surface area (Å²) in [7, 11) is 1.61. The van der Waals surface area contributed by atoms with E-state index in [1.165, 1.54) is 6.33 Å². The van der Waals surface area contributed by atoms with Gasteiger partial charge in [0, 0.05) is 38.2 Å². The van der Waals surface area contributed by atoms with Crippen molar-refractivity contribution in [1.29, 1.82) is 0 Å². The summed E-state index contributed by atoms with van der Waals surface area (Å²) in [5.74, 6) is 2.76. The SMILES string of the molecule is CCCCC(=O)N1CCN(c2cc(Oc3ccccc3OC)ncn2)C[C@@H]1C. The molecule has 0 N–H and O–H groups in total. The van der Waals surface area contributed by atoms with Crippen molar-refractivity contribution in [3.63, 3.8) is 0 Å². The number of anilines is 1. The fraction of sp³-hybridized carbons (Fsp3) is 0.476. The Morgan fingerprint density at radius 1 is 1.21 bits per heavy atom. The van der Waals surface area contributed by atoms with Crippen LogP contribution < -0.4 is 14.4 Å². The summed E-state index contributed by atoms with van der Waals surface area (Å²) in [6.45, 7) is 6.38. The van der Waals surface area contributed by atoms with Crippen molar-refractivity contribution in [2.45, 2.75) is 39.2 Å². The van der Waals surface area contributed by atoms with E-state index in [1.54, 1.807) is 7.11 Å². The van der Waals surface area contributed by atoms with E-state index in [-0.39, 0.29) is 11.9 Å². The highest BCUT2D eigenvalue weighted by Gasteiger charge is 2.27. The van der Waals surface area contributed by atoms with E-state index in [0.29, 0.717) is 30.3 Å². The van der Waals surface area contributed by atoms with E-state index in [2.05, 4.69) is 28.7 Å². The number of unbranched alkanes of at least 4 members (excludes halogenated alkanes) is 1. The van der Waals surface area contributed by atoms with Crippen molar-refractivity contribution in [2.75, 3.05) is 31.6 Å². The number of benzene rings is 1. The van der Waals surface area contributed by atoms with Gasteiger partial charge in [0.1, 0.15) is 12.1 Å². The monoisotopic (exact) mass is 384 g/mol. The molecule has 1 aromatic heterocycles. The molecule has 2 heterocycles. The summed E-state index contributed by atoms with van der Waals surface area (Å²) >= 11 is 0. The molecular weight excluding hydrogens is 356 g/mol. The molecule has 28 heavy (non-hydrogen) atoms. The molecule has 150 valence electrons. The molecule has 7 heteroatoms. The molecule has 0 aliphatic carbocycles. The predicted molar refractivity (Wildman–Crippen MR) is 108 cm³/mol. The summed E-state index contributed by atoms with van der Waals surface area (Å²) < 4.78 is 11.2. The Labute approximate surface area is 166 Å². The van der Waals surface area contributed by atoms with Gasteiger partial charge in [-0.2, -0.15) is 0 Å². The fourth-order valence-corrected chi connectivity index (χ4v) is 3.38. The van der Waals surface area contributed by atoms with Crippen molar-refractivity contribution >= 4 is 11.7 Å². The van der Waals surface area contributed by atoms with Crippen LogP contribution in [0.4, 0.5) is 5.82 Å². The molecule has 7 nitrogen and oxygen atoms in total. The Balaban J connectivity index is 1.67. The first-order valence-electron chi connectivity index (χ1n) is 9.79. The molecule has 0 unspecified atom stereocenters. The van der Waals surface area contributed by atoms with Gasteiger partial charge in [-0.3, -0.25) is 4.79 Å². The van der Waals surface area contributed by atoms with Gasteiger partial charge in [0.05, 0.1) is 7.11 Å². The molecule has 3 rings (SSSR count). The third-order valence-electron chi connectivity index (χ3n) is 4.93. The van der Waals surface area contributed by atoms with Gasteiger partial charge in [0.2, 0.25) is 11.8 Å². The Hall–Kier alpha value is -2.83. The summed E-state index contributed by atoms with van der Waals surface area (Å²) in [4.78, 5) is 25.2. The average molecular weight is 384 g/mol. The van der Waals surface area contributed by atoms with Crippen LogP contribution in [0.3, 0.4) is 0 Å². The van der Waals surface area contributed by atoms with Crippen LogP contribution in [-0.2, 0) is 4.79 Å². The number of aromatic nitrogens is 2. The number of para-hydroxylation sites is 2. The molecular formula is C21H28N4O3. The van der Waals surface area contributed by atoms with Crippen LogP contribution in [0.25, 0.3) is 0 Å². The molecule has 1 fully saturated rings. The van der Waals surface area contributed by atoms with E-state index in [0.717, 1.165) is 31.7 Å². The minimum atomic E-state index is 0.145. The van der Waals surface area contributed by atoms with Crippen molar-refractivity contribution in [3.8, 4) is 17.4 Å². The molecule has 0 radical (unpaired) electrons. The van der Waals surface area contributed by atoms with E-state index >= 15 is 0 Å². The molecule has 0 bridgehead atoms. The lowest BCUT2D eigenvalue weighted by Gasteiger charge is -2.40. The van der Waals surface area contributed by atoms with Gasteiger partial charge in [-0.1, -0.05) is 25.5 Å². The molecule has 2 aromatic rings. The molecule has 1 aromatic carbocycles. The Kier molecular flexibility index (Phi) is 6.68. The number of nitrogens with zero attached hydrogens (tertiary/aromatic N) is 4. The van der Waals surface area contributed by atoms with Crippen LogP contribution in [0.1, 0.15) is 33.1 Å². The van der Waals surface area contributed by atoms with Crippen molar-refractivity contribution in [2.24, 2.45) is 0 Å². The summed E-state index contributed by atoms with van der Waals surface area (Å²) in [5.41, 5.74) is 0. The lowest BCUT2D eigenvalue weighted by molar-refractivity contribution is -0.133. The standard InChI is InChI=1S/C21H28N4O3/c1-4-5-10-21(26)25-12-11-24(14-16(25)2)19-13-20(23-15-22-19)28-18-9-7-6-8-17(18)27-3/h6-9,13,15-16H,4-5,10-12,14H2,1-3H3/t16-/m0/s1. The second-order valence-corrected chi connectivity index (χ2v) is 6.95. The lowest BCUT2D eigenvalue weighted by Crippen LogP contribution is -2.54. The third kappa shape index (κ3) is 4.71. The summed E-state index contributed by atoms with van der Waals surface area (Å²) in [6.07, 6.45) is 4.12. The minimum absolute atomic E-state index is 0.145. The number of hydrogen-bond donors (Lipinski definition) is 0. The topological polar surface area (TPSA) is 67.8 Å². The Morgan fingerprint density at radius 3 is 2.71 bits per heavy atom. The zero-order chi connectivity index (χ0) is 19.9. The van der Waals surface area contributed by atoms with Crippen molar-refractivity contribution in [1.82, 2.24) is 14.9 Å². The molecule has 1 aliphatic heterocycles. The Morgan fingerprint density at radius 2 is 2.00 bits per heavy atom. The number of carbonyl (C=O) groups excluding carboxylic acids is 1. The maximum absolute atomic E-state index is 12.4. The number of rotatable bonds is 7. The highest BCUT2D eigenvalue weighted by atomic mass is 16.5. The van der Waals surface area contributed by atoms with E-state index in [4.69, 9.17) is 9.47 Å². The first-order valence-corrected chi connectivity index (χ1v) is 9.79. The summed E-state index contributed by atoms with van der Waals surface area (Å²) in [5, 5.41) is 0. The lowest BCUT2D eigenvalue weighted by atomic mass is 10.1. The minimum Gasteiger partial charge on any atom is -0.493 e. The van der Waals surface area contributed by atoms with Gasteiger partial charge in [-0.15, -0.1) is 0 Å². The summed E-state index contributed by atoms with van der Waals surface area (Å²) in [6, 6.07) is 9.42. The fourth-order valence-electron chi connectivity index (χ4n) is 3.38. The zero-order valence-electron chi connectivity index (χ0n) is 16.8. The van der Waals surface area contributed by atoms with Crippen LogP contribution >= 0.6 is 0 Å². The molecule has 0 saturated carbocycles. The predicted octanol–water partition coefficient (Wildman–Crippen LogP) is 3.50. The number of piperazine rings is 1. The van der Waals surface area contributed by atoms with Gasteiger partial charge in [0.15, 0.2) is 11.5 Å². The molecule has 1 atom stereocenters. The normalized spacial score (nSPS) is 16.8. The van der Waals surface area contributed by atoms with Crippen LogP contribution in [-0.4, -0.2) is 53.6 Å². The maximum atomic E-state index is 12.4. The molecule has 1 aliphatic rings. The van der Waals surface area contributed by atoms with Crippen molar-refractivity contribution < 1.29 is 14.3 Å². The van der Waals surface area contributed by atoms with E-state index in [9.17, 15) is 4.79 Å². The van der Waals surface area contributed by atoms with Gasteiger partial charge in [-0.25, -0.2) is 9.97 Å². The highest BCUT2D eigenvalue weighted by Crippen LogP contribution is 2.31. The Bertz CT molecular complexity index is 799. The van der Waals surface area contributed by atoms with E-state index in [1.807, 2.05) is 35.2 Å². The quantitative estimate of drug-likeness (QED) is 0.728. The van der Waals surface area contributed by atoms with Crippen LogP contribution in [0.5, 0.6) is 17.4 Å². The number of amides is 1. The zero-order valence-corrected chi connectivity index (χ0v) is 16.8. The highest BCUT2D eigenvalue weighted by molar-refractivity contribution is 5.76. The van der Waals surface area contributed by atoms with E-state index < -0.39 is 0 Å².